The van der Waals surface area contributed by atoms with Crippen LogP contribution in [0.5, 0.6) is 0 Å². The normalized spacial score (nSPS) is 20.3. The molecule has 1 heterocycles. The van der Waals surface area contributed by atoms with Gasteiger partial charge in [0, 0.05) is 13.0 Å². The molecule has 0 aliphatic carbocycles. The second-order valence-electron chi connectivity index (χ2n) is 17.0. The Hall–Kier alpha value is -1.94. The molecule has 0 radical (unpaired) electrons. The van der Waals surface area contributed by atoms with E-state index in [9.17, 15) is 33.1 Å². The SMILES string of the molecule is CCCCCCC/C=C\C/C=C\C/C=C\CCCCCCCCCOCC(COC1OC(CO)C(O)C(OS(=O)(=O)O)C1O)OC(=O)CCCCCCC/C=C\CCCCCCC. The molecule has 4 N–H and O–H groups in total. The lowest BCUT2D eigenvalue weighted by Gasteiger charge is -2.41. The van der Waals surface area contributed by atoms with Crippen LogP contribution in [0.2, 0.25) is 0 Å². The summed E-state index contributed by atoms with van der Waals surface area (Å²) >= 11 is 0. The molecule has 368 valence electrons. The van der Waals surface area contributed by atoms with Crippen LogP contribution in [0.4, 0.5) is 0 Å². The Bertz CT molecular complexity index is 1290. The first-order valence-electron chi connectivity index (χ1n) is 24.9. The van der Waals surface area contributed by atoms with Crippen LogP contribution in [-0.4, -0.2) is 97.5 Å². The number of hydrogen-bond donors (Lipinski definition) is 4. The maximum absolute atomic E-state index is 12.9. The highest BCUT2D eigenvalue weighted by Crippen LogP contribution is 2.26. The highest BCUT2D eigenvalue weighted by Gasteiger charge is 2.48. The Morgan fingerprint density at radius 1 is 0.603 bits per heavy atom. The molecule has 6 unspecified atom stereocenters. The van der Waals surface area contributed by atoms with E-state index < -0.39 is 59.8 Å². The van der Waals surface area contributed by atoms with Crippen LogP contribution in [0.1, 0.15) is 200 Å². The van der Waals surface area contributed by atoms with E-state index in [0.717, 1.165) is 77.0 Å². The molecule has 1 aliphatic heterocycles. The van der Waals surface area contributed by atoms with E-state index in [1.807, 2.05) is 0 Å². The number of rotatable bonds is 43. The first kappa shape index (κ1) is 59.1. The minimum Gasteiger partial charge on any atom is -0.457 e. The van der Waals surface area contributed by atoms with Crippen LogP contribution in [0.3, 0.4) is 0 Å². The predicted molar refractivity (Wildman–Crippen MR) is 253 cm³/mol. The summed E-state index contributed by atoms with van der Waals surface area (Å²) in [5.41, 5.74) is 0. The molecule has 1 fully saturated rings. The summed E-state index contributed by atoms with van der Waals surface area (Å²) in [6, 6.07) is 0. The Labute approximate surface area is 383 Å². The standard InChI is InChI=1S/C50H90O12S/c1-3-5-7-9-11-13-15-17-19-20-21-22-23-24-25-26-28-30-32-34-36-38-40-58-42-44(43-59-50-48(54)49(62-63(55,56)57)47(53)45(41-51)61-50)60-46(52)39-37-35-33-31-29-27-18-16-14-12-10-8-6-4-2/h15-18,20-21,23-24,44-45,47-51,53-54H,3-14,19,22,25-43H2,1-2H3,(H,55,56,57)/b17-15-,18-16-,21-20-,24-23-. The fraction of sp³-hybridized carbons (Fsp3) is 0.820. The lowest BCUT2D eigenvalue weighted by atomic mass is 9.99. The summed E-state index contributed by atoms with van der Waals surface area (Å²) in [5.74, 6) is -0.412. The van der Waals surface area contributed by atoms with Crippen molar-refractivity contribution in [3.63, 3.8) is 0 Å². The number of unbranched alkanes of at least 4 members (excludes halogenated alkanes) is 22. The van der Waals surface area contributed by atoms with Gasteiger partial charge in [0.2, 0.25) is 0 Å². The molecule has 1 rings (SSSR count). The van der Waals surface area contributed by atoms with Gasteiger partial charge in [-0.2, -0.15) is 8.42 Å². The lowest BCUT2D eigenvalue weighted by Crippen LogP contribution is -2.60. The van der Waals surface area contributed by atoms with E-state index in [1.165, 1.54) is 96.3 Å². The summed E-state index contributed by atoms with van der Waals surface area (Å²) in [4.78, 5) is 12.9. The van der Waals surface area contributed by atoms with Gasteiger partial charge in [0.15, 0.2) is 6.29 Å². The van der Waals surface area contributed by atoms with Gasteiger partial charge in [0.05, 0.1) is 19.8 Å². The zero-order valence-corrected chi connectivity index (χ0v) is 40.2. The zero-order chi connectivity index (χ0) is 46.1. The van der Waals surface area contributed by atoms with Crippen molar-refractivity contribution in [3.05, 3.63) is 48.6 Å². The Balaban J connectivity index is 2.38. The van der Waals surface area contributed by atoms with Crippen molar-refractivity contribution < 1.29 is 56.2 Å². The van der Waals surface area contributed by atoms with Crippen LogP contribution in [0.15, 0.2) is 48.6 Å². The maximum atomic E-state index is 12.9. The van der Waals surface area contributed by atoms with Gasteiger partial charge in [-0.3, -0.25) is 9.35 Å². The Kier molecular flexibility index (Phi) is 38.9. The molecule has 0 aromatic carbocycles. The fourth-order valence-electron chi connectivity index (χ4n) is 7.38. The molecule has 0 aromatic heterocycles. The molecule has 0 bridgehead atoms. The van der Waals surface area contributed by atoms with E-state index in [-0.39, 0.29) is 19.6 Å². The van der Waals surface area contributed by atoms with Crippen molar-refractivity contribution in [2.24, 2.45) is 0 Å². The molecule has 12 nitrogen and oxygen atoms in total. The van der Waals surface area contributed by atoms with E-state index in [4.69, 9.17) is 18.9 Å². The van der Waals surface area contributed by atoms with Gasteiger partial charge >= 0.3 is 16.4 Å². The van der Waals surface area contributed by atoms with Gasteiger partial charge in [-0.25, -0.2) is 4.18 Å². The van der Waals surface area contributed by atoms with Crippen molar-refractivity contribution in [3.8, 4) is 0 Å². The van der Waals surface area contributed by atoms with Crippen molar-refractivity contribution in [2.75, 3.05) is 26.4 Å². The van der Waals surface area contributed by atoms with Gasteiger partial charge in [-0.15, -0.1) is 0 Å². The number of carbonyl (C=O) groups is 1. The Morgan fingerprint density at radius 3 is 1.54 bits per heavy atom. The summed E-state index contributed by atoms with van der Waals surface area (Å²) in [6.07, 6.45) is 41.4. The number of aliphatic hydroxyl groups is 3. The molecule has 6 atom stereocenters. The number of allylic oxidation sites excluding steroid dienone is 8. The van der Waals surface area contributed by atoms with E-state index in [1.54, 1.807) is 0 Å². The predicted octanol–water partition coefficient (Wildman–Crippen LogP) is 11.1. The second-order valence-corrected chi connectivity index (χ2v) is 18.1. The Morgan fingerprint density at radius 2 is 1.05 bits per heavy atom. The monoisotopic (exact) mass is 915 g/mol. The largest absolute Gasteiger partial charge is 0.457 e. The zero-order valence-electron chi connectivity index (χ0n) is 39.4. The van der Waals surface area contributed by atoms with E-state index in [2.05, 4.69) is 66.6 Å². The first-order chi connectivity index (χ1) is 30.6. The van der Waals surface area contributed by atoms with Crippen LogP contribution in [-0.2, 0) is 38.3 Å². The smallest absolute Gasteiger partial charge is 0.397 e. The number of esters is 1. The van der Waals surface area contributed by atoms with Gasteiger partial charge < -0.3 is 34.3 Å². The minimum absolute atomic E-state index is 0.0252. The molecular formula is C50H90O12S. The third-order valence-electron chi connectivity index (χ3n) is 11.2. The minimum atomic E-state index is -5.07. The number of carbonyl (C=O) groups excluding carboxylic acids is 1. The molecule has 0 spiro atoms. The van der Waals surface area contributed by atoms with E-state index in [0.29, 0.717) is 13.0 Å². The fourth-order valence-corrected chi connectivity index (χ4v) is 7.89. The number of hydrogen-bond acceptors (Lipinski definition) is 11. The molecule has 0 saturated carbocycles. The molecule has 1 saturated heterocycles. The van der Waals surface area contributed by atoms with Crippen molar-refractivity contribution in [1.29, 1.82) is 0 Å². The van der Waals surface area contributed by atoms with Crippen molar-refractivity contribution in [1.82, 2.24) is 0 Å². The highest BCUT2D eigenvalue weighted by atomic mass is 32.3. The number of ether oxygens (including phenoxy) is 4. The summed E-state index contributed by atoms with van der Waals surface area (Å²) in [6.45, 7) is 3.94. The van der Waals surface area contributed by atoms with Gasteiger partial charge in [0.25, 0.3) is 0 Å². The van der Waals surface area contributed by atoms with Crippen LogP contribution < -0.4 is 0 Å². The lowest BCUT2D eigenvalue weighted by molar-refractivity contribution is -0.301. The van der Waals surface area contributed by atoms with Crippen molar-refractivity contribution in [2.45, 2.75) is 237 Å². The van der Waals surface area contributed by atoms with Crippen molar-refractivity contribution >= 4 is 16.4 Å². The van der Waals surface area contributed by atoms with Crippen LogP contribution in [0.25, 0.3) is 0 Å². The van der Waals surface area contributed by atoms with Crippen LogP contribution in [0, 0.1) is 0 Å². The molecule has 63 heavy (non-hydrogen) atoms. The maximum Gasteiger partial charge on any atom is 0.397 e. The molecule has 1 aliphatic rings. The average molecular weight is 915 g/mol. The second kappa shape index (κ2) is 41.5. The average Bonchev–Trinajstić information content (AvgIpc) is 3.26. The van der Waals surface area contributed by atoms with Crippen LogP contribution >= 0.6 is 0 Å². The summed E-state index contributed by atoms with van der Waals surface area (Å²) in [5, 5.41) is 30.7. The highest BCUT2D eigenvalue weighted by molar-refractivity contribution is 7.80. The number of aliphatic hydroxyl groups excluding tert-OH is 3. The van der Waals surface area contributed by atoms with E-state index >= 15 is 0 Å². The molecule has 0 aromatic rings. The molecular weight excluding hydrogens is 825 g/mol. The first-order valence-corrected chi connectivity index (χ1v) is 26.3. The van der Waals surface area contributed by atoms with Gasteiger partial charge in [-0.1, -0.05) is 165 Å². The summed E-state index contributed by atoms with van der Waals surface area (Å²) < 4.78 is 59.1. The molecule has 0 amide bonds. The topological polar surface area (TPSA) is 178 Å². The van der Waals surface area contributed by atoms with Gasteiger partial charge in [0.1, 0.15) is 30.5 Å². The quantitative estimate of drug-likeness (QED) is 0.0197. The van der Waals surface area contributed by atoms with Gasteiger partial charge in [-0.05, 0) is 77.0 Å². The third kappa shape index (κ3) is 35.0. The molecule has 13 heteroatoms. The summed E-state index contributed by atoms with van der Waals surface area (Å²) in [7, 11) is -5.07. The third-order valence-corrected chi connectivity index (χ3v) is 11.6.